The monoisotopic (exact) mass is 265 g/mol. The zero-order chi connectivity index (χ0) is 13.8. The molecule has 1 saturated carbocycles. The molecule has 7 nitrogen and oxygen atoms in total. The van der Waals surface area contributed by atoms with Gasteiger partial charge in [-0.05, 0) is 25.5 Å². The lowest BCUT2D eigenvalue weighted by molar-refractivity contribution is -0.384. The second-order valence-electron chi connectivity index (χ2n) is 4.64. The van der Waals surface area contributed by atoms with Gasteiger partial charge >= 0.3 is 5.69 Å². The minimum Gasteiger partial charge on any atom is -0.378 e. The summed E-state index contributed by atoms with van der Waals surface area (Å²) in [4.78, 5) is 16.5. The van der Waals surface area contributed by atoms with E-state index in [1.165, 1.54) is 18.9 Å². The van der Waals surface area contributed by atoms with Crippen LogP contribution in [0.4, 0.5) is 17.3 Å². The fourth-order valence-electron chi connectivity index (χ4n) is 2.09. The molecule has 1 aliphatic carbocycles. The van der Waals surface area contributed by atoms with E-state index in [0.29, 0.717) is 5.82 Å². The Kier molecular flexibility index (Phi) is 4.16. The van der Waals surface area contributed by atoms with Crippen LogP contribution >= 0.6 is 0 Å². The van der Waals surface area contributed by atoms with Crippen LogP contribution in [-0.4, -0.2) is 40.5 Å². The molecule has 0 unspecified atom stereocenters. The quantitative estimate of drug-likeness (QED) is 0.572. The van der Waals surface area contributed by atoms with Crippen LogP contribution in [0.1, 0.15) is 19.8 Å². The second-order valence-corrected chi connectivity index (χ2v) is 4.64. The van der Waals surface area contributed by atoms with Crippen LogP contribution in [0, 0.1) is 10.1 Å². The third-order valence-corrected chi connectivity index (χ3v) is 3.27. The largest absolute Gasteiger partial charge is 0.378 e. The Morgan fingerprint density at radius 2 is 2.32 bits per heavy atom. The van der Waals surface area contributed by atoms with Crippen LogP contribution < -0.4 is 11.1 Å². The first-order valence-corrected chi connectivity index (χ1v) is 6.50. The van der Waals surface area contributed by atoms with Gasteiger partial charge in [0.15, 0.2) is 0 Å². The number of hydrogen-bond donors (Lipinski definition) is 2. The van der Waals surface area contributed by atoms with E-state index in [-0.39, 0.29) is 11.5 Å². The van der Waals surface area contributed by atoms with Gasteiger partial charge in [0, 0.05) is 25.2 Å². The molecule has 1 aliphatic rings. The third kappa shape index (κ3) is 3.54. The highest BCUT2D eigenvalue weighted by atomic mass is 16.6. The molecule has 1 aromatic heterocycles. The molecule has 7 heteroatoms. The highest BCUT2D eigenvalue weighted by molar-refractivity contribution is 5.57. The third-order valence-electron chi connectivity index (χ3n) is 3.27. The number of nitrogens with one attached hydrogen (secondary N) is 1. The number of nitro groups is 1. The maximum Gasteiger partial charge on any atom is 0.311 e. The van der Waals surface area contributed by atoms with Crippen molar-refractivity contribution in [1.29, 1.82) is 0 Å². The van der Waals surface area contributed by atoms with E-state index >= 15 is 0 Å². The van der Waals surface area contributed by atoms with Crippen LogP contribution in [0.5, 0.6) is 0 Å². The Bertz CT molecular complexity index is 461. The van der Waals surface area contributed by atoms with Crippen molar-refractivity contribution in [2.45, 2.75) is 25.8 Å². The summed E-state index contributed by atoms with van der Waals surface area (Å²) in [7, 11) is 0. The van der Waals surface area contributed by atoms with E-state index in [2.05, 4.69) is 22.1 Å². The number of likely N-dealkylation sites (N-methyl/N-ethyl adjacent to an activating group) is 1. The molecule has 3 N–H and O–H groups in total. The molecule has 0 atom stereocenters. The minimum absolute atomic E-state index is 0.0514. The first-order valence-electron chi connectivity index (χ1n) is 6.50. The predicted molar refractivity (Wildman–Crippen MR) is 74.1 cm³/mol. The Morgan fingerprint density at radius 3 is 2.84 bits per heavy atom. The summed E-state index contributed by atoms with van der Waals surface area (Å²) >= 11 is 0. The number of nitrogens with zero attached hydrogens (tertiary/aromatic N) is 3. The van der Waals surface area contributed by atoms with Gasteiger partial charge in [0.05, 0.1) is 4.92 Å². The number of anilines is 2. The van der Waals surface area contributed by atoms with Crippen LogP contribution in [0.3, 0.4) is 0 Å². The average Bonchev–Trinajstić information content (AvgIpc) is 3.18. The molecular weight excluding hydrogens is 246 g/mol. The number of rotatable bonds is 7. The van der Waals surface area contributed by atoms with Crippen molar-refractivity contribution in [3.63, 3.8) is 0 Å². The zero-order valence-corrected chi connectivity index (χ0v) is 11.0. The van der Waals surface area contributed by atoms with Crippen molar-refractivity contribution in [3.05, 3.63) is 22.2 Å². The topological polar surface area (TPSA) is 97.3 Å². The van der Waals surface area contributed by atoms with E-state index < -0.39 is 4.92 Å². The minimum atomic E-state index is -0.530. The lowest BCUT2D eigenvalue weighted by atomic mass is 10.3. The van der Waals surface area contributed by atoms with Gasteiger partial charge in [-0.15, -0.1) is 0 Å². The molecule has 0 spiro atoms. The Hall–Kier alpha value is -1.89. The van der Waals surface area contributed by atoms with Gasteiger partial charge in [-0.3, -0.25) is 15.0 Å². The summed E-state index contributed by atoms with van der Waals surface area (Å²) in [5.74, 6) is 0.527. The van der Waals surface area contributed by atoms with Gasteiger partial charge < -0.3 is 11.1 Å². The number of aromatic nitrogens is 1. The summed E-state index contributed by atoms with van der Waals surface area (Å²) in [6, 6.07) is 3.70. The summed E-state index contributed by atoms with van der Waals surface area (Å²) < 4.78 is 0. The Balaban J connectivity index is 1.85. The highest BCUT2D eigenvalue weighted by Gasteiger charge is 2.27. The van der Waals surface area contributed by atoms with Gasteiger partial charge in [0.1, 0.15) is 5.82 Å². The molecule has 1 fully saturated rings. The second kappa shape index (κ2) is 5.83. The van der Waals surface area contributed by atoms with E-state index in [9.17, 15) is 10.1 Å². The maximum atomic E-state index is 10.6. The predicted octanol–water partition coefficient (Wildman–Crippen LogP) is 1.47. The molecule has 0 aromatic carbocycles. The van der Waals surface area contributed by atoms with E-state index in [1.54, 1.807) is 6.07 Å². The van der Waals surface area contributed by atoms with Crippen LogP contribution in [-0.2, 0) is 0 Å². The standard InChI is InChI=1S/C12H19N5O2/c1-2-16(9-3-4-9)8-7-14-11-6-5-10(17(18)19)12(13)15-11/h5-6,9H,2-4,7-8H2,1H3,(H3,13,14,15). The fraction of sp³-hybridized carbons (Fsp3) is 0.583. The summed E-state index contributed by atoms with van der Waals surface area (Å²) in [5, 5.41) is 13.8. The summed E-state index contributed by atoms with van der Waals surface area (Å²) in [5.41, 5.74) is 5.38. The van der Waals surface area contributed by atoms with E-state index in [1.807, 2.05) is 0 Å². The Labute approximate surface area is 112 Å². The number of pyridine rings is 1. The van der Waals surface area contributed by atoms with Crippen molar-refractivity contribution in [2.75, 3.05) is 30.7 Å². The molecule has 2 rings (SSSR count). The fourth-order valence-corrected chi connectivity index (χ4v) is 2.09. The molecule has 19 heavy (non-hydrogen) atoms. The van der Waals surface area contributed by atoms with Crippen LogP contribution in [0.15, 0.2) is 12.1 Å². The van der Waals surface area contributed by atoms with Gasteiger partial charge in [-0.25, -0.2) is 4.98 Å². The van der Waals surface area contributed by atoms with Gasteiger partial charge in [-0.1, -0.05) is 6.92 Å². The molecule has 0 radical (unpaired) electrons. The van der Waals surface area contributed by atoms with E-state index in [0.717, 1.165) is 25.7 Å². The number of nitrogens with two attached hydrogens (primary N) is 1. The van der Waals surface area contributed by atoms with Crippen molar-refractivity contribution >= 4 is 17.3 Å². The number of nitrogen functional groups attached to an aromatic ring is 1. The van der Waals surface area contributed by atoms with Gasteiger partial charge in [0.25, 0.3) is 0 Å². The zero-order valence-electron chi connectivity index (χ0n) is 11.0. The highest BCUT2D eigenvalue weighted by Crippen LogP contribution is 2.26. The van der Waals surface area contributed by atoms with E-state index in [4.69, 9.17) is 5.73 Å². The normalized spacial score (nSPS) is 14.6. The number of hydrogen-bond acceptors (Lipinski definition) is 6. The lowest BCUT2D eigenvalue weighted by Crippen LogP contribution is -2.31. The van der Waals surface area contributed by atoms with Crippen molar-refractivity contribution < 1.29 is 4.92 Å². The van der Waals surface area contributed by atoms with Crippen molar-refractivity contribution in [2.24, 2.45) is 0 Å². The molecule has 104 valence electrons. The SMILES string of the molecule is CCN(CCNc1ccc([N+](=O)[O-])c(N)n1)C1CC1. The van der Waals surface area contributed by atoms with Crippen LogP contribution in [0.2, 0.25) is 0 Å². The summed E-state index contributed by atoms with van der Waals surface area (Å²) in [6.07, 6.45) is 2.58. The first kappa shape index (κ1) is 13.5. The average molecular weight is 265 g/mol. The molecular formula is C12H19N5O2. The smallest absolute Gasteiger partial charge is 0.311 e. The molecule has 1 heterocycles. The van der Waals surface area contributed by atoms with Crippen molar-refractivity contribution in [1.82, 2.24) is 9.88 Å². The van der Waals surface area contributed by atoms with Gasteiger partial charge in [-0.2, -0.15) is 0 Å². The van der Waals surface area contributed by atoms with Crippen LogP contribution in [0.25, 0.3) is 0 Å². The van der Waals surface area contributed by atoms with Gasteiger partial charge in [0.2, 0.25) is 5.82 Å². The molecule has 0 amide bonds. The lowest BCUT2D eigenvalue weighted by Gasteiger charge is -2.19. The molecule has 1 aromatic rings. The molecule has 0 saturated heterocycles. The Morgan fingerprint density at radius 1 is 1.58 bits per heavy atom. The summed E-state index contributed by atoms with van der Waals surface area (Å²) in [6.45, 7) is 4.90. The maximum absolute atomic E-state index is 10.6. The van der Waals surface area contributed by atoms with Crippen molar-refractivity contribution in [3.8, 4) is 0 Å². The molecule has 0 aliphatic heterocycles. The molecule has 0 bridgehead atoms. The first-order chi connectivity index (χ1) is 9.11.